The first kappa shape index (κ1) is 14.2. The van der Waals surface area contributed by atoms with Crippen LogP contribution in [-0.2, 0) is 14.6 Å². The zero-order valence-corrected chi connectivity index (χ0v) is 10.7. The molecule has 0 spiro atoms. The molecule has 0 aromatic heterocycles. The number of carboxylic acids is 1. The number of sulfone groups is 1. The fraction of sp³-hybridized carbons (Fsp3) is 0.273. The largest absolute Gasteiger partial charge is 0.478 e. The van der Waals surface area contributed by atoms with Crippen molar-refractivity contribution in [1.82, 2.24) is 0 Å². The highest BCUT2D eigenvalue weighted by atomic mass is 32.2. The second kappa shape index (κ2) is 5.18. The van der Waals surface area contributed by atoms with Crippen molar-refractivity contribution in [1.29, 1.82) is 0 Å². The second-order valence-electron chi connectivity index (χ2n) is 3.60. The van der Waals surface area contributed by atoms with Crippen molar-refractivity contribution in [3.05, 3.63) is 23.8 Å². The number of amides is 1. The Hall–Kier alpha value is -1.89. The maximum atomic E-state index is 11.7. The molecule has 0 saturated heterocycles. The number of nitrogens with one attached hydrogen (secondary N) is 1. The van der Waals surface area contributed by atoms with E-state index in [0.29, 0.717) is 0 Å². The summed E-state index contributed by atoms with van der Waals surface area (Å²) in [5, 5.41) is 11.2. The van der Waals surface area contributed by atoms with E-state index in [1.165, 1.54) is 19.9 Å². The molecule has 0 saturated carbocycles. The van der Waals surface area contributed by atoms with Crippen LogP contribution in [0.15, 0.2) is 23.1 Å². The molecule has 0 aliphatic heterocycles. The Kier molecular flexibility index (Phi) is 4.07. The second-order valence-corrected chi connectivity index (χ2v) is 5.88. The van der Waals surface area contributed by atoms with E-state index in [1.807, 2.05) is 0 Å². The molecule has 1 rings (SSSR count). The Morgan fingerprint density at radius 3 is 2.39 bits per heavy atom. The summed E-state index contributed by atoms with van der Waals surface area (Å²) in [6.45, 7) is 2.70. The van der Waals surface area contributed by atoms with Crippen LogP contribution in [0.2, 0.25) is 0 Å². The van der Waals surface area contributed by atoms with Crippen LogP contribution < -0.4 is 5.32 Å². The maximum Gasteiger partial charge on any atom is 0.337 e. The van der Waals surface area contributed by atoms with E-state index in [-0.39, 0.29) is 21.9 Å². The number of anilines is 1. The van der Waals surface area contributed by atoms with Crippen LogP contribution in [0.1, 0.15) is 24.2 Å². The number of hydrogen-bond acceptors (Lipinski definition) is 4. The molecule has 0 atom stereocenters. The Morgan fingerprint density at radius 1 is 1.33 bits per heavy atom. The Bertz CT molecular complexity index is 591. The number of rotatable bonds is 4. The molecule has 0 bridgehead atoms. The predicted octanol–water partition coefficient (Wildman–Crippen LogP) is 1.14. The number of carbonyl (C=O) groups is 2. The van der Waals surface area contributed by atoms with Crippen LogP contribution in [0.25, 0.3) is 0 Å². The average molecular weight is 271 g/mol. The molecule has 6 nitrogen and oxygen atoms in total. The normalized spacial score (nSPS) is 11.0. The average Bonchev–Trinajstić information content (AvgIpc) is 2.27. The molecule has 0 fully saturated rings. The minimum absolute atomic E-state index is 0.0150. The molecule has 0 aliphatic rings. The third-order valence-corrected chi connectivity index (χ3v) is 4.00. The molecule has 1 aromatic rings. The Balaban J connectivity index is 3.38. The van der Waals surface area contributed by atoms with Crippen molar-refractivity contribution >= 4 is 27.4 Å². The summed E-state index contributed by atoms with van der Waals surface area (Å²) in [7, 11) is -3.44. The van der Waals surface area contributed by atoms with Crippen molar-refractivity contribution in [3.8, 4) is 0 Å². The topological polar surface area (TPSA) is 101 Å². The van der Waals surface area contributed by atoms with Crippen molar-refractivity contribution in [2.24, 2.45) is 0 Å². The van der Waals surface area contributed by atoms with Gasteiger partial charge in [-0.25, -0.2) is 13.2 Å². The minimum Gasteiger partial charge on any atom is -0.478 e. The molecule has 1 amide bonds. The van der Waals surface area contributed by atoms with Crippen molar-refractivity contribution < 1.29 is 23.1 Å². The molecular formula is C11H13NO5S. The predicted molar refractivity (Wildman–Crippen MR) is 65.4 cm³/mol. The van der Waals surface area contributed by atoms with Gasteiger partial charge in [-0.1, -0.05) is 6.92 Å². The van der Waals surface area contributed by atoms with Gasteiger partial charge in [-0.05, 0) is 18.2 Å². The van der Waals surface area contributed by atoms with E-state index in [0.717, 1.165) is 12.1 Å². The van der Waals surface area contributed by atoms with E-state index < -0.39 is 21.7 Å². The van der Waals surface area contributed by atoms with Gasteiger partial charge in [0.1, 0.15) is 0 Å². The lowest BCUT2D eigenvalue weighted by molar-refractivity contribution is -0.114. The molecule has 18 heavy (non-hydrogen) atoms. The standard InChI is InChI=1S/C11H13NO5S/c1-3-18(16,17)8-4-5-9(11(14)15)10(6-8)12-7(2)13/h4-6H,3H2,1-2H3,(H,12,13)(H,14,15). The molecule has 7 heteroatoms. The van der Waals surface area contributed by atoms with Crippen molar-refractivity contribution in [2.45, 2.75) is 18.7 Å². The summed E-state index contributed by atoms with van der Waals surface area (Å²) < 4.78 is 23.3. The highest BCUT2D eigenvalue weighted by molar-refractivity contribution is 7.91. The smallest absolute Gasteiger partial charge is 0.337 e. The van der Waals surface area contributed by atoms with Gasteiger partial charge in [0.05, 0.1) is 21.9 Å². The van der Waals surface area contributed by atoms with Crippen LogP contribution in [-0.4, -0.2) is 31.2 Å². The molecule has 98 valence electrons. The third kappa shape index (κ3) is 3.07. The van der Waals surface area contributed by atoms with Gasteiger partial charge in [0, 0.05) is 6.92 Å². The lowest BCUT2D eigenvalue weighted by Gasteiger charge is -2.09. The number of benzene rings is 1. The van der Waals surface area contributed by atoms with Gasteiger partial charge in [-0.15, -0.1) is 0 Å². The zero-order chi connectivity index (χ0) is 13.9. The van der Waals surface area contributed by atoms with Gasteiger partial charge in [0.2, 0.25) is 5.91 Å². The Labute approximate surface area is 105 Å². The first-order valence-corrected chi connectivity index (χ1v) is 6.81. The lowest BCUT2D eigenvalue weighted by atomic mass is 10.2. The van der Waals surface area contributed by atoms with Crippen LogP contribution in [0.3, 0.4) is 0 Å². The summed E-state index contributed by atoms with van der Waals surface area (Å²) in [6, 6.07) is 3.54. The SMILES string of the molecule is CCS(=O)(=O)c1ccc(C(=O)O)c(NC(C)=O)c1. The van der Waals surface area contributed by atoms with Crippen LogP contribution >= 0.6 is 0 Å². The van der Waals surface area contributed by atoms with Gasteiger partial charge >= 0.3 is 5.97 Å². The lowest BCUT2D eigenvalue weighted by Crippen LogP contribution is -2.12. The number of carbonyl (C=O) groups excluding carboxylic acids is 1. The van der Waals surface area contributed by atoms with Gasteiger partial charge in [0.25, 0.3) is 0 Å². The fourth-order valence-corrected chi connectivity index (χ4v) is 2.27. The minimum atomic E-state index is -3.44. The van der Waals surface area contributed by atoms with E-state index in [2.05, 4.69) is 5.32 Å². The highest BCUT2D eigenvalue weighted by Crippen LogP contribution is 2.22. The first-order valence-electron chi connectivity index (χ1n) is 5.15. The number of aromatic carboxylic acids is 1. The molecular weight excluding hydrogens is 258 g/mol. The van der Waals surface area contributed by atoms with Crippen molar-refractivity contribution in [3.63, 3.8) is 0 Å². The van der Waals surface area contributed by atoms with E-state index in [4.69, 9.17) is 5.11 Å². The summed E-state index contributed by atoms with van der Waals surface area (Å²) in [5.74, 6) is -1.80. The van der Waals surface area contributed by atoms with Gasteiger partial charge < -0.3 is 10.4 Å². The fourth-order valence-electron chi connectivity index (χ4n) is 1.36. The summed E-state index contributed by atoms with van der Waals surface area (Å²) in [5.41, 5.74) is -0.176. The third-order valence-electron chi connectivity index (χ3n) is 2.27. The Morgan fingerprint density at radius 2 is 1.94 bits per heavy atom. The molecule has 1 aromatic carbocycles. The van der Waals surface area contributed by atoms with Gasteiger partial charge in [0.15, 0.2) is 9.84 Å². The first-order chi connectivity index (χ1) is 8.27. The van der Waals surface area contributed by atoms with Crippen LogP contribution in [0.4, 0.5) is 5.69 Å². The van der Waals surface area contributed by atoms with Gasteiger partial charge in [-0.2, -0.15) is 0 Å². The quantitative estimate of drug-likeness (QED) is 0.855. The highest BCUT2D eigenvalue weighted by Gasteiger charge is 2.17. The summed E-state index contributed by atoms with van der Waals surface area (Å²) >= 11 is 0. The molecule has 0 aliphatic carbocycles. The summed E-state index contributed by atoms with van der Waals surface area (Å²) in [6.07, 6.45) is 0. The number of carboxylic acid groups (broad SMARTS) is 1. The van der Waals surface area contributed by atoms with E-state index in [9.17, 15) is 18.0 Å². The zero-order valence-electron chi connectivity index (χ0n) is 9.93. The summed E-state index contributed by atoms with van der Waals surface area (Å²) in [4.78, 5) is 21.9. The molecule has 2 N–H and O–H groups in total. The molecule has 0 unspecified atom stereocenters. The van der Waals surface area contributed by atoms with E-state index >= 15 is 0 Å². The van der Waals surface area contributed by atoms with E-state index in [1.54, 1.807) is 0 Å². The van der Waals surface area contributed by atoms with Crippen molar-refractivity contribution in [2.75, 3.05) is 11.1 Å². The number of hydrogen-bond donors (Lipinski definition) is 2. The maximum absolute atomic E-state index is 11.7. The molecule has 0 radical (unpaired) electrons. The van der Waals surface area contributed by atoms with Gasteiger partial charge in [-0.3, -0.25) is 4.79 Å². The molecule has 0 heterocycles. The van der Waals surface area contributed by atoms with Crippen LogP contribution in [0, 0.1) is 0 Å². The van der Waals surface area contributed by atoms with Crippen LogP contribution in [0.5, 0.6) is 0 Å². The monoisotopic (exact) mass is 271 g/mol.